The van der Waals surface area contributed by atoms with Gasteiger partial charge in [-0.15, -0.1) is 0 Å². The van der Waals surface area contributed by atoms with Gasteiger partial charge in [-0.3, -0.25) is 4.79 Å². The Hall–Kier alpha value is -1.62. The highest BCUT2D eigenvalue weighted by Crippen LogP contribution is 2.34. The van der Waals surface area contributed by atoms with Crippen LogP contribution in [0.2, 0.25) is 15.1 Å². The first kappa shape index (κ1) is 14.8. The summed E-state index contributed by atoms with van der Waals surface area (Å²) in [6.07, 6.45) is 0. The number of benzene rings is 2. The van der Waals surface area contributed by atoms with Gasteiger partial charge in [0.2, 0.25) is 0 Å². The Labute approximate surface area is 130 Å². The molecule has 0 fully saturated rings. The van der Waals surface area contributed by atoms with Crippen LogP contribution in [-0.2, 0) is 0 Å². The maximum atomic E-state index is 12.1. The van der Waals surface area contributed by atoms with Crippen molar-refractivity contribution in [3.63, 3.8) is 0 Å². The fraction of sp³-hybridized carbons (Fsp3) is 0. The summed E-state index contributed by atoms with van der Waals surface area (Å²) in [5.41, 5.74) is 12.7. The molecule has 0 heterocycles. The molecule has 0 aliphatic carbocycles. The second-order valence-corrected chi connectivity index (χ2v) is 5.34. The van der Waals surface area contributed by atoms with E-state index in [0.717, 1.165) is 0 Å². The van der Waals surface area contributed by atoms with E-state index in [1.54, 1.807) is 6.07 Å². The minimum atomic E-state index is -0.421. The van der Waals surface area contributed by atoms with E-state index in [0.29, 0.717) is 22.0 Å². The van der Waals surface area contributed by atoms with E-state index >= 15 is 0 Å². The summed E-state index contributed by atoms with van der Waals surface area (Å²) in [4.78, 5) is 12.1. The van der Waals surface area contributed by atoms with Crippen molar-refractivity contribution in [3.8, 4) is 0 Å². The van der Waals surface area contributed by atoms with Crippen molar-refractivity contribution < 1.29 is 4.79 Å². The van der Waals surface area contributed by atoms with Gasteiger partial charge in [0, 0.05) is 22.0 Å². The number of nitrogens with one attached hydrogen (secondary N) is 1. The molecule has 0 radical (unpaired) electrons. The summed E-state index contributed by atoms with van der Waals surface area (Å²) in [5, 5.41) is 3.47. The third-order valence-corrected chi connectivity index (χ3v) is 3.30. The first-order chi connectivity index (χ1) is 9.36. The molecule has 4 nitrogen and oxygen atoms in total. The van der Waals surface area contributed by atoms with Crippen molar-refractivity contribution in [2.75, 3.05) is 16.8 Å². The minimum Gasteiger partial charge on any atom is -0.399 e. The smallest absolute Gasteiger partial charge is 0.255 e. The molecule has 2 aromatic carbocycles. The number of nitrogens with two attached hydrogens (primary N) is 2. The normalized spacial score (nSPS) is 10.3. The molecule has 0 aliphatic heterocycles. The number of carbonyl (C=O) groups is 1. The molecule has 0 atom stereocenters. The summed E-state index contributed by atoms with van der Waals surface area (Å²) in [5.74, 6) is -0.421. The van der Waals surface area contributed by atoms with Crippen molar-refractivity contribution in [3.05, 3.63) is 51.0 Å². The van der Waals surface area contributed by atoms with Gasteiger partial charge in [-0.05, 0) is 30.3 Å². The number of hydrogen-bond donors (Lipinski definition) is 3. The lowest BCUT2D eigenvalue weighted by Crippen LogP contribution is -2.13. The number of nitrogen functional groups attached to an aromatic ring is 2. The molecule has 0 aliphatic rings. The monoisotopic (exact) mass is 329 g/mol. The SMILES string of the molecule is Nc1cc(N)cc(C(=O)Nc2c(Cl)cc(Cl)cc2Cl)c1. The molecule has 0 saturated heterocycles. The van der Waals surface area contributed by atoms with E-state index in [1.807, 2.05) is 0 Å². The number of hydrogen-bond acceptors (Lipinski definition) is 3. The first-order valence-electron chi connectivity index (χ1n) is 5.49. The zero-order valence-electron chi connectivity index (χ0n) is 10.1. The van der Waals surface area contributed by atoms with Crippen LogP contribution in [0.1, 0.15) is 10.4 Å². The van der Waals surface area contributed by atoms with Gasteiger partial charge in [-0.2, -0.15) is 0 Å². The second-order valence-electron chi connectivity index (χ2n) is 4.09. The molecule has 0 aromatic heterocycles. The summed E-state index contributed by atoms with van der Waals surface area (Å²) in [7, 11) is 0. The molecule has 104 valence electrons. The van der Waals surface area contributed by atoms with Crippen LogP contribution in [0, 0.1) is 0 Å². The molecule has 7 heteroatoms. The number of anilines is 3. The van der Waals surface area contributed by atoms with Crippen LogP contribution in [0.25, 0.3) is 0 Å². The molecule has 2 aromatic rings. The van der Waals surface area contributed by atoms with Gasteiger partial charge < -0.3 is 16.8 Å². The van der Waals surface area contributed by atoms with Crippen LogP contribution in [0.4, 0.5) is 17.1 Å². The lowest BCUT2D eigenvalue weighted by molar-refractivity contribution is 0.102. The maximum Gasteiger partial charge on any atom is 0.255 e. The summed E-state index contributed by atoms with van der Waals surface area (Å²) >= 11 is 17.8. The second kappa shape index (κ2) is 5.79. The lowest BCUT2D eigenvalue weighted by atomic mass is 10.1. The van der Waals surface area contributed by atoms with Crippen molar-refractivity contribution in [2.24, 2.45) is 0 Å². The fourth-order valence-corrected chi connectivity index (χ4v) is 2.57. The van der Waals surface area contributed by atoms with Crippen LogP contribution >= 0.6 is 34.8 Å². The highest BCUT2D eigenvalue weighted by Gasteiger charge is 2.13. The van der Waals surface area contributed by atoms with E-state index < -0.39 is 5.91 Å². The highest BCUT2D eigenvalue weighted by atomic mass is 35.5. The van der Waals surface area contributed by atoms with Crippen molar-refractivity contribution >= 4 is 57.8 Å². The average Bonchev–Trinajstić information content (AvgIpc) is 2.32. The molecule has 0 spiro atoms. The largest absolute Gasteiger partial charge is 0.399 e. The standard InChI is InChI=1S/C13H10Cl3N3O/c14-7-3-10(15)12(11(16)4-7)19-13(20)6-1-8(17)5-9(18)2-6/h1-5H,17-18H2,(H,19,20). The van der Waals surface area contributed by atoms with E-state index in [2.05, 4.69) is 5.32 Å². The van der Waals surface area contributed by atoms with E-state index in [4.69, 9.17) is 46.3 Å². The molecule has 1 amide bonds. The molecular weight excluding hydrogens is 321 g/mol. The van der Waals surface area contributed by atoms with E-state index in [9.17, 15) is 4.79 Å². The number of carbonyl (C=O) groups excluding carboxylic acids is 1. The van der Waals surface area contributed by atoms with Crippen LogP contribution < -0.4 is 16.8 Å². The topological polar surface area (TPSA) is 81.1 Å². The summed E-state index contributed by atoms with van der Waals surface area (Å²) < 4.78 is 0. The third-order valence-electron chi connectivity index (χ3n) is 2.49. The van der Waals surface area contributed by atoms with Gasteiger partial charge in [0.15, 0.2) is 0 Å². The van der Waals surface area contributed by atoms with E-state index in [-0.39, 0.29) is 15.7 Å². The molecule has 0 unspecified atom stereocenters. The van der Waals surface area contributed by atoms with Gasteiger partial charge in [-0.25, -0.2) is 0 Å². The highest BCUT2D eigenvalue weighted by molar-refractivity contribution is 6.42. The van der Waals surface area contributed by atoms with Crippen molar-refractivity contribution in [1.82, 2.24) is 0 Å². The third kappa shape index (κ3) is 3.28. The summed E-state index contributed by atoms with van der Waals surface area (Å²) in [6.45, 7) is 0. The van der Waals surface area contributed by atoms with Gasteiger partial charge in [0.25, 0.3) is 5.91 Å². The van der Waals surface area contributed by atoms with Crippen molar-refractivity contribution in [2.45, 2.75) is 0 Å². The van der Waals surface area contributed by atoms with Crippen molar-refractivity contribution in [1.29, 1.82) is 0 Å². The maximum absolute atomic E-state index is 12.1. The van der Waals surface area contributed by atoms with Gasteiger partial charge in [0.1, 0.15) is 0 Å². The predicted octanol–water partition coefficient (Wildman–Crippen LogP) is 4.06. The Balaban J connectivity index is 2.32. The van der Waals surface area contributed by atoms with Gasteiger partial charge in [0.05, 0.1) is 15.7 Å². The number of halogens is 3. The van der Waals surface area contributed by atoms with Gasteiger partial charge >= 0.3 is 0 Å². The quantitative estimate of drug-likeness (QED) is 0.726. The van der Waals surface area contributed by atoms with Crippen LogP contribution in [-0.4, -0.2) is 5.91 Å². The molecule has 0 saturated carbocycles. The Morgan fingerprint density at radius 3 is 1.90 bits per heavy atom. The molecule has 20 heavy (non-hydrogen) atoms. The van der Waals surface area contributed by atoms with Crippen LogP contribution in [0.15, 0.2) is 30.3 Å². The molecular formula is C13H10Cl3N3O. The fourth-order valence-electron chi connectivity index (χ4n) is 1.65. The number of rotatable bonds is 2. The Morgan fingerprint density at radius 1 is 0.900 bits per heavy atom. The van der Waals surface area contributed by atoms with E-state index in [1.165, 1.54) is 24.3 Å². The molecule has 5 N–H and O–H groups in total. The minimum absolute atomic E-state index is 0.243. The zero-order valence-corrected chi connectivity index (χ0v) is 12.4. The lowest BCUT2D eigenvalue weighted by Gasteiger charge is -2.10. The average molecular weight is 331 g/mol. The molecule has 0 bridgehead atoms. The Bertz CT molecular complexity index is 645. The molecule has 2 rings (SSSR count). The Morgan fingerprint density at radius 2 is 1.40 bits per heavy atom. The van der Waals surface area contributed by atoms with Crippen LogP contribution in [0.3, 0.4) is 0 Å². The predicted molar refractivity (Wildman–Crippen MR) is 84.7 cm³/mol. The first-order valence-corrected chi connectivity index (χ1v) is 6.62. The number of amides is 1. The van der Waals surface area contributed by atoms with Gasteiger partial charge in [-0.1, -0.05) is 34.8 Å². The zero-order chi connectivity index (χ0) is 14.9. The van der Waals surface area contributed by atoms with Crippen LogP contribution in [0.5, 0.6) is 0 Å². The Kier molecular flexibility index (Phi) is 4.28. The summed E-state index contributed by atoms with van der Waals surface area (Å²) in [6, 6.07) is 7.53.